The van der Waals surface area contributed by atoms with Crippen molar-refractivity contribution in [3.63, 3.8) is 0 Å². The van der Waals surface area contributed by atoms with Crippen LogP contribution in [-0.2, 0) is 17.8 Å². The molecule has 0 saturated carbocycles. The number of benzene rings is 2. The normalized spacial score (nSPS) is 26.1. The molecule has 2 fully saturated rings. The van der Waals surface area contributed by atoms with Gasteiger partial charge in [0.05, 0.1) is 12.7 Å². The summed E-state index contributed by atoms with van der Waals surface area (Å²) in [6.45, 7) is 0.281. The van der Waals surface area contributed by atoms with Crippen molar-refractivity contribution in [3.8, 4) is 5.75 Å². The van der Waals surface area contributed by atoms with Gasteiger partial charge in [-0.15, -0.1) is 0 Å². The Kier molecular flexibility index (Phi) is 5.27. The second kappa shape index (κ2) is 7.84. The lowest BCUT2D eigenvalue weighted by Gasteiger charge is -2.43. The summed E-state index contributed by atoms with van der Waals surface area (Å²) in [4.78, 5) is 14.6. The van der Waals surface area contributed by atoms with Gasteiger partial charge in [-0.05, 0) is 48.9 Å². The van der Waals surface area contributed by atoms with Crippen molar-refractivity contribution < 1.29 is 19.4 Å². The van der Waals surface area contributed by atoms with Crippen molar-refractivity contribution in [2.24, 2.45) is 0 Å². The highest BCUT2D eigenvalue weighted by Gasteiger charge is 2.49. The Hall–Kier alpha value is -2.53. The van der Waals surface area contributed by atoms with E-state index in [0.717, 1.165) is 29.7 Å². The number of hydrogen-bond acceptors (Lipinski definition) is 4. The van der Waals surface area contributed by atoms with Crippen LogP contribution in [0.5, 0.6) is 5.75 Å². The van der Waals surface area contributed by atoms with Crippen molar-refractivity contribution in [2.45, 2.75) is 56.4 Å². The summed E-state index contributed by atoms with van der Waals surface area (Å²) >= 11 is 0. The zero-order valence-electron chi connectivity index (χ0n) is 16.2. The smallest absolute Gasteiger partial charge is 0.410 e. The first-order chi connectivity index (χ1) is 13.6. The molecule has 0 spiro atoms. The lowest BCUT2D eigenvalue weighted by Crippen LogP contribution is -2.54. The van der Waals surface area contributed by atoms with Gasteiger partial charge in [-0.25, -0.2) is 4.79 Å². The van der Waals surface area contributed by atoms with Crippen LogP contribution in [0.4, 0.5) is 4.79 Å². The first kappa shape index (κ1) is 18.8. The molecule has 1 amide bonds. The summed E-state index contributed by atoms with van der Waals surface area (Å²) in [7, 11) is 1.65. The second-order valence-electron chi connectivity index (χ2n) is 7.99. The largest absolute Gasteiger partial charge is 0.497 e. The fourth-order valence-corrected chi connectivity index (χ4v) is 4.72. The van der Waals surface area contributed by atoms with E-state index >= 15 is 0 Å². The molecule has 0 radical (unpaired) electrons. The molecule has 2 heterocycles. The molecule has 2 bridgehead atoms. The Bertz CT molecular complexity index is 808. The monoisotopic (exact) mass is 381 g/mol. The lowest BCUT2D eigenvalue weighted by atomic mass is 9.81. The number of fused-ring (bicyclic) bond motifs is 2. The van der Waals surface area contributed by atoms with Crippen LogP contribution in [0.1, 0.15) is 36.8 Å². The molecule has 2 aliphatic heterocycles. The fourth-order valence-electron chi connectivity index (χ4n) is 4.72. The van der Waals surface area contributed by atoms with E-state index in [1.54, 1.807) is 7.11 Å². The number of hydrogen-bond donors (Lipinski definition) is 1. The minimum absolute atomic E-state index is 0.0395. The summed E-state index contributed by atoms with van der Waals surface area (Å²) in [6.07, 6.45) is 3.32. The molecule has 2 aromatic rings. The van der Waals surface area contributed by atoms with E-state index in [-0.39, 0.29) is 24.8 Å². The molecule has 0 aliphatic carbocycles. The van der Waals surface area contributed by atoms with Crippen LogP contribution >= 0.6 is 0 Å². The second-order valence-corrected chi connectivity index (χ2v) is 7.99. The van der Waals surface area contributed by atoms with Crippen molar-refractivity contribution in [2.75, 3.05) is 7.11 Å². The van der Waals surface area contributed by atoms with Crippen LogP contribution in [-0.4, -0.2) is 40.9 Å². The van der Waals surface area contributed by atoms with Gasteiger partial charge >= 0.3 is 6.09 Å². The van der Waals surface area contributed by atoms with Crippen LogP contribution in [0.3, 0.4) is 0 Å². The average Bonchev–Trinajstić information content (AvgIpc) is 2.99. The summed E-state index contributed by atoms with van der Waals surface area (Å²) in [5.41, 5.74) is 1.24. The number of methoxy groups -OCH3 is 1. The summed E-state index contributed by atoms with van der Waals surface area (Å²) < 4.78 is 10.8. The molecule has 4 rings (SSSR count). The number of carbonyl (C=O) groups excluding carboxylic acids is 1. The van der Waals surface area contributed by atoms with E-state index in [4.69, 9.17) is 9.47 Å². The zero-order chi connectivity index (χ0) is 19.6. The highest BCUT2D eigenvalue weighted by atomic mass is 16.6. The topological polar surface area (TPSA) is 59.0 Å². The van der Waals surface area contributed by atoms with Gasteiger partial charge in [0.15, 0.2) is 0 Å². The number of rotatable bonds is 5. The highest BCUT2D eigenvalue weighted by Crippen LogP contribution is 2.42. The fraction of sp³-hybridized carbons (Fsp3) is 0.435. The predicted molar refractivity (Wildman–Crippen MR) is 106 cm³/mol. The average molecular weight is 381 g/mol. The Balaban J connectivity index is 1.40. The molecule has 148 valence electrons. The molecule has 2 atom stereocenters. The minimum Gasteiger partial charge on any atom is -0.497 e. The number of aliphatic hydroxyl groups is 1. The summed E-state index contributed by atoms with van der Waals surface area (Å²) in [5.74, 6) is 0.797. The molecule has 2 aromatic carbocycles. The number of amides is 1. The third-order valence-corrected chi connectivity index (χ3v) is 5.93. The molecule has 5 nitrogen and oxygen atoms in total. The van der Waals surface area contributed by atoms with Gasteiger partial charge in [0.1, 0.15) is 12.4 Å². The van der Waals surface area contributed by atoms with Crippen molar-refractivity contribution >= 4 is 6.09 Å². The van der Waals surface area contributed by atoms with Gasteiger partial charge in [0.2, 0.25) is 0 Å². The molecular formula is C23H27NO4. The molecule has 5 heteroatoms. The van der Waals surface area contributed by atoms with Gasteiger partial charge < -0.3 is 19.5 Å². The summed E-state index contributed by atoms with van der Waals surface area (Å²) in [6, 6.07) is 17.6. The van der Waals surface area contributed by atoms with Crippen LogP contribution in [0.2, 0.25) is 0 Å². The molecule has 2 aliphatic rings. The molecule has 0 aromatic heterocycles. The maximum absolute atomic E-state index is 12.7. The minimum atomic E-state index is -0.797. The number of carbonyl (C=O) groups is 1. The van der Waals surface area contributed by atoms with E-state index in [0.29, 0.717) is 19.3 Å². The Morgan fingerprint density at radius 2 is 1.75 bits per heavy atom. The summed E-state index contributed by atoms with van der Waals surface area (Å²) in [5, 5.41) is 11.3. The van der Waals surface area contributed by atoms with Gasteiger partial charge in [0, 0.05) is 18.5 Å². The number of piperidine rings is 1. The Morgan fingerprint density at radius 1 is 1.07 bits per heavy atom. The predicted octanol–water partition coefficient (Wildman–Crippen LogP) is 3.93. The third-order valence-electron chi connectivity index (χ3n) is 5.93. The first-order valence-corrected chi connectivity index (χ1v) is 9.91. The number of nitrogens with zero attached hydrogens (tertiary/aromatic N) is 1. The number of ether oxygens (including phenoxy) is 2. The van der Waals surface area contributed by atoms with E-state index in [2.05, 4.69) is 0 Å². The zero-order valence-corrected chi connectivity index (χ0v) is 16.2. The van der Waals surface area contributed by atoms with Gasteiger partial charge in [-0.3, -0.25) is 0 Å². The first-order valence-electron chi connectivity index (χ1n) is 9.91. The molecule has 28 heavy (non-hydrogen) atoms. The van der Waals surface area contributed by atoms with Gasteiger partial charge in [-0.2, -0.15) is 0 Å². The van der Waals surface area contributed by atoms with Crippen molar-refractivity contribution in [3.05, 3.63) is 65.7 Å². The quantitative estimate of drug-likeness (QED) is 0.852. The van der Waals surface area contributed by atoms with Crippen LogP contribution < -0.4 is 4.74 Å². The van der Waals surface area contributed by atoms with Crippen LogP contribution in [0.25, 0.3) is 0 Å². The Labute approximate surface area is 165 Å². The lowest BCUT2D eigenvalue weighted by molar-refractivity contribution is -0.0485. The van der Waals surface area contributed by atoms with Gasteiger partial charge in [-0.1, -0.05) is 42.5 Å². The maximum atomic E-state index is 12.7. The standard InChI is InChI=1S/C23H27NO4/c1-27-21-9-5-8-18(12-21)13-23(26)14-19-10-11-20(15-23)24(19)22(25)28-16-17-6-3-2-4-7-17/h2-9,12,19-20,26H,10-11,13-16H2,1H3. The molecular weight excluding hydrogens is 354 g/mol. The molecule has 1 N–H and O–H groups in total. The van der Waals surface area contributed by atoms with Crippen LogP contribution in [0, 0.1) is 0 Å². The van der Waals surface area contributed by atoms with E-state index < -0.39 is 5.60 Å². The van der Waals surface area contributed by atoms with E-state index in [9.17, 15) is 9.90 Å². The van der Waals surface area contributed by atoms with E-state index in [1.165, 1.54) is 0 Å². The third kappa shape index (κ3) is 3.99. The molecule has 2 saturated heterocycles. The van der Waals surface area contributed by atoms with Gasteiger partial charge in [0.25, 0.3) is 0 Å². The van der Waals surface area contributed by atoms with E-state index in [1.807, 2.05) is 59.5 Å². The molecule has 2 unspecified atom stereocenters. The van der Waals surface area contributed by atoms with Crippen molar-refractivity contribution in [1.29, 1.82) is 0 Å². The van der Waals surface area contributed by atoms with Crippen LogP contribution in [0.15, 0.2) is 54.6 Å². The Morgan fingerprint density at radius 3 is 2.43 bits per heavy atom. The maximum Gasteiger partial charge on any atom is 0.410 e. The highest BCUT2D eigenvalue weighted by molar-refractivity contribution is 5.69. The SMILES string of the molecule is COc1cccc(CC2(O)CC3CCC(C2)N3C(=O)OCc2ccccc2)c1. The van der Waals surface area contributed by atoms with Crippen molar-refractivity contribution in [1.82, 2.24) is 4.90 Å².